The van der Waals surface area contributed by atoms with E-state index >= 15 is 0 Å². The number of aryl methyl sites for hydroxylation is 1. The highest BCUT2D eigenvalue weighted by Crippen LogP contribution is 2.49. The second kappa shape index (κ2) is 3.71. The molecular weight excluding hydrogens is 241 g/mol. The molecule has 90 valence electrons. The second-order valence-electron chi connectivity index (χ2n) is 4.47. The molecule has 3 nitrogen and oxygen atoms in total. The summed E-state index contributed by atoms with van der Waals surface area (Å²) in [6.07, 6.45) is 1.64. The van der Waals surface area contributed by atoms with Crippen LogP contribution in [-0.2, 0) is 16.1 Å². The zero-order valence-electron chi connectivity index (χ0n) is 9.07. The molecule has 1 aliphatic heterocycles. The molecule has 1 aromatic rings. The number of rotatable bonds is 1. The van der Waals surface area contributed by atoms with Crippen molar-refractivity contribution in [2.24, 2.45) is 0 Å². The van der Waals surface area contributed by atoms with Gasteiger partial charge in [0.2, 0.25) is 0 Å². The summed E-state index contributed by atoms with van der Waals surface area (Å²) in [4.78, 5) is 10.7. The third-order valence-electron chi connectivity index (χ3n) is 3.45. The molecule has 0 aromatic heterocycles. The average Bonchev–Trinajstić information content (AvgIpc) is 2.86. The van der Waals surface area contributed by atoms with Gasteiger partial charge in [-0.15, -0.1) is 11.8 Å². The van der Waals surface area contributed by atoms with Gasteiger partial charge in [-0.1, -0.05) is 6.07 Å². The maximum atomic E-state index is 13.1. The third-order valence-corrected chi connectivity index (χ3v) is 4.99. The van der Waals surface area contributed by atoms with E-state index in [2.05, 4.69) is 5.32 Å². The molecule has 0 amide bonds. The van der Waals surface area contributed by atoms with Gasteiger partial charge >= 0.3 is 5.97 Å². The molecule has 2 N–H and O–H groups in total. The van der Waals surface area contributed by atoms with Crippen molar-refractivity contribution in [3.8, 4) is 0 Å². The maximum absolute atomic E-state index is 13.1. The molecule has 1 spiro atoms. The van der Waals surface area contributed by atoms with Crippen LogP contribution in [0.3, 0.4) is 0 Å². The van der Waals surface area contributed by atoms with E-state index in [1.54, 1.807) is 23.9 Å². The highest BCUT2D eigenvalue weighted by atomic mass is 32.2. The Morgan fingerprint density at radius 3 is 3.12 bits per heavy atom. The van der Waals surface area contributed by atoms with Crippen LogP contribution in [0.15, 0.2) is 18.2 Å². The monoisotopic (exact) mass is 253 g/mol. The molecule has 2 aliphatic rings. The number of thioether (sulfide) groups is 1. The van der Waals surface area contributed by atoms with Gasteiger partial charge in [0.25, 0.3) is 0 Å². The Morgan fingerprint density at radius 2 is 2.41 bits per heavy atom. The minimum atomic E-state index is -0.815. The van der Waals surface area contributed by atoms with Crippen LogP contribution in [-0.4, -0.2) is 22.9 Å². The lowest BCUT2D eigenvalue weighted by molar-refractivity contribution is -0.138. The number of carboxylic acids is 1. The van der Waals surface area contributed by atoms with Gasteiger partial charge in [-0.3, -0.25) is 10.1 Å². The Labute approximate surface area is 102 Å². The number of carbonyl (C=O) groups is 1. The van der Waals surface area contributed by atoms with E-state index < -0.39 is 12.0 Å². The molecule has 1 aliphatic carbocycles. The van der Waals surface area contributed by atoms with Gasteiger partial charge in [-0.25, -0.2) is 4.39 Å². The van der Waals surface area contributed by atoms with Gasteiger partial charge in [0.05, 0.1) is 4.87 Å². The van der Waals surface area contributed by atoms with E-state index in [0.29, 0.717) is 5.75 Å². The Balaban J connectivity index is 1.96. The van der Waals surface area contributed by atoms with E-state index in [9.17, 15) is 9.18 Å². The first kappa shape index (κ1) is 11.0. The molecule has 1 saturated heterocycles. The predicted molar refractivity (Wildman–Crippen MR) is 63.4 cm³/mol. The predicted octanol–water partition coefficient (Wildman–Crippen LogP) is 1.71. The highest BCUT2D eigenvalue weighted by molar-refractivity contribution is 8.00. The van der Waals surface area contributed by atoms with Crippen LogP contribution in [0.1, 0.15) is 17.5 Å². The lowest BCUT2D eigenvalue weighted by Gasteiger charge is -2.24. The summed E-state index contributed by atoms with van der Waals surface area (Å²) in [5, 5.41) is 12.2. The van der Waals surface area contributed by atoms with Crippen LogP contribution in [0.4, 0.5) is 4.39 Å². The topological polar surface area (TPSA) is 49.3 Å². The van der Waals surface area contributed by atoms with Crippen molar-refractivity contribution < 1.29 is 14.3 Å². The van der Waals surface area contributed by atoms with Crippen LogP contribution in [0.25, 0.3) is 0 Å². The van der Waals surface area contributed by atoms with Crippen molar-refractivity contribution in [3.05, 3.63) is 35.1 Å². The molecule has 1 aromatic carbocycles. The Morgan fingerprint density at radius 1 is 1.59 bits per heavy atom. The number of benzene rings is 1. The molecule has 2 atom stereocenters. The fraction of sp³-hybridized carbons (Fsp3) is 0.417. The summed E-state index contributed by atoms with van der Waals surface area (Å²) in [6, 6.07) is 4.28. The van der Waals surface area contributed by atoms with Gasteiger partial charge in [-0.05, 0) is 36.1 Å². The quantitative estimate of drug-likeness (QED) is 0.800. The molecule has 1 heterocycles. The smallest absolute Gasteiger partial charge is 0.321 e. The first-order valence-corrected chi connectivity index (χ1v) is 6.53. The Kier molecular flexibility index (Phi) is 2.41. The molecular formula is C12H12FNO2S. The fourth-order valence-electron chi connectivity index (χ4n) is 2.63. The largest absolute Gasteiger partial charge is 0.480 e. The molecule has 0 radical (unpaired) electrons. The number of carboxylic acid groups (broad SMARTS) is 1. The molecule has 3 rings (SSSR count). The van der Waals surface area contributed by atoms with E-state index in [4.69, 9.17) is 5.11 Å². The van der Waals surface area contributed by atoms with E-state index in [-0.39, 0.29) is 10.7 Å². The van der Waals surface area contributed by atoms with Crippen molar-refractivity contribution in [3.63, 3.8) is 0 Å². The van der Waals surface area contributed by atoms with E-state index in [1.807, 2.05) is 0 Å². The van der Waals surface area contributed by atoms with Gasteiger partial charge in [0.15, 0.2) is 0 Å². The van der Waals surface area contributed by atoms with E-state index in [0.717, 1.165) is 24.0 Å². The first-order valence-electron chi connectivity index (χ1n) is 5.54. The number of aliphatic carboxylic acids is 1. The van der Waals surface area contributed by atoms with Crippen molar-refractivity contribution in [1.82, 2.24) is 5.32 Å². The third kappa shape index (κ3) is 1.65. The first-order chi connectivity index (χ1) is 8.11. The van der Waals surface area contributed by atoms with Gasteiger partial charge in [0.1, 0.15) is 11.9 Å². The second-order valence-corrected chi connectivity index (χ2v) is 5.79. The lowest BCUT2D eigenvalue weighted by atomic mass is 10.1. The summed E-state index contributed by atoms with van der Waals surface area (Å²) in [5.74, 6) is -0.477. The summed E-state index contributed by atoms with van der Waals surface area (Å²) in [7, 11) is 0. The molecule has 1 fully saturated rings. The Hall–Kier alpha value is -1.07. The lowest BCUT2D eigenvalue weighted by Crippen LogP contribution is -2.42. The van der Waals surface area contributed by atoms with Gasteiger partial charge in [0, 0.05) is 5.75 Å². The molecule has 17 heavy (non-hydrogen) atoms. The summed E-state index contributed by atoms with van der Waals surface area (Å²) in [5.41, 5.74) is 2.05. The zero-order chi connectivity index (χ0) is 12.0. The number of hydrogen-bond acceptors (Lipinski definition) is 3. The van der Waals surface area contributed by atoms with Crippen LogP contribution in [0.2, 0.25) is 0 Å². The maximum Gasteiger partial charge on any atom is 0.321 e. The van der Waals surface area contributed by atoms with Crippen molar-refractivity contribution in [1.29, 1.82) is 0 Å². The molecule has 1 unspecified atom stereocenters. The minimum Gasteiger partial charge on any atom is -0.480 e. The minimum absolute atomic E-state index is 0.224. The van der Waals surface area contributed by atoms with Crippen molar-refractivity contribution >= 4 is 17.7 Å². The number of nitrogens with one attached hydrogen (secondary N) is 1. The average molecular weight is 253 g/mol. The highest BCUT2D eigenvalue weighted by Gasteiger charge is 2.47. The Bertz CT molecular complexity index is 493. The van der Waals surface area contributed by atoms with Crippen LogP contribution < -0.4 is 5.32 Å². The summed E-state index contributed by atoms with van der Waals surface area (Å²) in [6.45, 7) is 0. The summed E-state index contributed by atoms with van der Waals surface area (Å²) >= 11 is 1.62. The number of halogens is 1. The number of hydrogen-bond donors (Lipinski definition) is 2. The zero-order valence-corrected chi connectivity index (χ0v) is 9.89. The standard InChI is InChI=1S/C12H12FNO2S/c13-8-1-2-9-7(5-8)3-4-12(9)14-10(6-17-12)11(15)16/h1-2,5,10,14H,3-4,6H2,(H,15,16)/t10-,12?/m1/s1. The van der Waals surface area contributed by atoms with Crippen molar-refractivity contribution in [2.45, 2.75) is 23.8 Å². The van der Waals surface area contributed by atoms with Gasteiger partial charge < -0.3 is 5.11 Å². The number of fused-ring (bicyclic) bond motifs is 2. The molecule has 0 bridgehead atoms. The summed E-state index contributed by atoms with van der Waals surface area (Å²) < 4.78 is 13.1. The molecule has 5 heteroatoms. The van der Waals surface area contributed by atoms with Crippen LogP contribution in [0, 0.1) is 5.82 Å². The van der Waals surface area contributed by atoms with E-state index in [1.165, 1.54) is 6.07 Å². The normalized spacial score (nSPS) is 30.8. The van der Waals surface area contributed by atoms with Gasteiger partial charge in [-0.2, -0.15) is 0 Å². The van der Waals surface area contributed by atoms with Crippen molar-refractivity contribution in [2.75, 3.05) is 5.75 Å². The van der Waals surface area contributed by atoms with Crippen LogP contribution in [0.5, 0.6) is 0 Å². The molecule has 0 saturated carbocycles. The fourth-order valence-corrected chi connectivity index (χ4v) is 4.14. The van der Waals surface area contributed by atoms with Crippen LogP contribution >= 0.6 is 11.8 Å². The SMILES string of the molecule is O=C(O)[C@H]1CSC2(CCc3cc(F)ccc32)N1.